The van der Waals surface area contributed by atoms with E-state index < -0.39 is 0 Å². The summed E-state index contributed by atoms with van der Waals surface area (Å²) in [6.45, 7) is 11.2. The van der Waals surface area contributed by atoms with E-state index in [4.69, 9.17) is 24.1 Å². The van der Waals surface area contributed by atoms with Crippen LogP contribution in [0, 0.1) is 5.92 Å². The summed E-state index contributed by atoms with van der Waals surface area (Å²) in [5.74, 6) is 0.735. The molecule has 1 saturated heterocycles. The van der Waals surface area contributed by atoms with Gasteiger partial charge in [-0.1, -0.05) is 20.3 Å². The van der Waals surface area contributed by atoms with Crippen LogP contribution in [-0.4, -0.2) is 102 Å². The van der Waals surface area contributed by atoms with Crippen molar-refractivity contribution in [2.75, 3.05) is 74.1 Å². The lowest BCUT2D eigenvalue weighted by Crippen LogP contribution is -2.36. The van der Waals surface area contributed by atoms with Gasteiger partial charge in [-0.3, -0.25) is 4.90 Å². The second-order valence-corrected chi connectivity index (χ2v) is 6.94. The molecule has 0 bridgehead atoms. The molecule has 1 fully saturated rings. The molecule has 164 valence electrons. The number of aliphatic hydroxyl groups is 1. The molecule has 27 heavy (non-hydrogen) atoms. The minimum Gasteiger partial charge on any atom is -0.394 e. The van der Waals surface area contributed by atoms with Gasteiger partial charge in [-0.05, 0) is 26.3 Å². The number of nitrogens with zero attached hydrogens (tertiary/aromatic N) is 1. The molecule has 0 aliphatic carbocycles. The van der Waals surface area contributed by atoms with Crippen LogP contribution >= 0.6 is 0 Å². The Morgan fingerprint density at radius 1 is 0.963 bits per heavy atom. The minimum atomic E-state index is 0.0870. The molecule has 0 saturated carbocycles. The SMILES string of the molecule is CC[C@H](C)C1C[C@@H](OCCOCCOC)C(C)N1C.COCCOCCO. The summed E-state index contributed by atoms with van der Waals surface area (Å²) >= 11 is 0. The third-order valence-electron chi connectivity index (χ3n) is 5.14. The molecule has 2 unspecified atom stereocenters. The fourth-order valence-corrected chi connectivity index (χ4v) is 3.09. The van der Waals surface area contributed by atoms with E-state index in [0.29, 0.717) is 64.4 Å². The van der Waals surface area contributed by atoms with Crippen molar-refractivity contribution >= 4 is 0 Å². The van der Waals surface area contributed by atoms with Gasteiger partial charge in [0, 0.05) is 26.3 Å². The Labute approximate surface area is 166 Å². The smallest absolute Gasteiger partial charge is 0.0743 e. The zero-order chi connectivity index (χ0) is 20.5. The van der Waals surface area contributed by atoms with Crippen LogP contribution in [0.4, 0.5) is 0 Å². The number of likely N-dealkylation sites (tertiary alicyclic amines) is 1. The van der Waals surface area contributed by atoms with Gasteiger partial charge in [-0.15, -0.1) is 0 Å². The fraction of sp³-hybridized carbons (Fsp3) is 1.00. The summed E-state index contributed by atoms with van der Waals surface area (Å²) in [6, 6.07) is 1.15. The lowest BCUT2D eigenvalue weighted by Gasteiger charge is -2.27. The second kappa shape index (κ2) is 17.8. The molecule has 0 radical (unpaired) electrons. The molecule has 1 heterocycles. The lowest BCUT2D eigenvalue weighted by molar-refractivity contribution is -0.0138. The first-order chi connectivity index (χ1) is 13.0. The molecule has 7 nitrogen and oxygen atoms in total. The number of ether oxygens (including phenoxy) is 5. The highest BCUT2D eigenvalue weighted by atomic mass is 16.5. The first-order valence-corrected chi connectivity index (χ1v) is 10.1. The van der Waals surface area contributed by atoms with Crippen LogP contribution in [0.2, 0.25) is 0 Å². The number of aliphatic hydroxyl groups excluding tert-OH is 1. The van der Waals surface area contributed by atoms with E-state index in [2.05, 4.69) is 37.5 Å². The average Bonchev–Trinajstić information content (AvgIpc) is 2.96. The van der Waals surface area contributed by atoms with Crippen LogP contribution in [0.3, 0.4) is 0 Å². The first-order valence-electron chi connectivity index (χ1n) is 10.1. The third kappa shape index (κ3) is 12.0. The van der Waals surface area contributed by atoms with Crippen molar-refractivity contribution in [1.82, 2.24) is 4.90 Å². The molecule has 1 aliphatic heterocycles. The van der Waals surface area contributed by atoms with Crippen LogP contribution in [0.5, 0.6) is 0 Å². The molecule has 0 spiro atoms. The van der Waals surface area contributed by atoms with Crippen molar-refractivity contribution in [1.29, 1.82) is 0 Å². The summed E-state index contributed by atoms with van der Waals surface area (Å²) < 4.78 is 25.9. The lowest BCUT2D eigenvalue weighted by atomic mass is 9.97. The molecule has 0 aromatic heterocycles. The number of likely N-dealkylation sites (N-methyl/N-ethyl adjacent to an activating group) is 1. The Morgan fingerprint density at radius 3 is 2.04 bits per heavy atom. The van der Waals surface area contributed by atoms with Gasteiger partial charge in [0.1, 0.15) is 0 Å². The normalized spacial score (nSPS) is 23.9. The summed E-state index contributed by atoms with van der Waals surface area (Å²) in [6.07, 6.45) is 2.72. The van der Waals surface area contributed by atoms with Crippen molar-refractivity contribution in [3.05, 3.63) is 0 Å². The highest BCUT2D eigenvalue weighted by molar-refractivity contribution is 4.92. The summed E-state index contributed by atoms with van der Waals surface area (Å²) in [5.41, 5.74) is 0. The largest absolute Gasteiger partial charge is 0.394 e. The number of hydrogen-bond donors (Lipinski definition) is 1. The van der Waals surface area contributed by atoms with E-state index in [-0.39, 0.29) is 6.61 Å². The minimum absolute atomic E-state index is 0.0870. The van der Waals surface area contributed by atoms with Gasteiger partial charge in [0.25, 0.3) is 0 Å². The topological polar surface area (TPSA) is 69.6 Å². The van der Waals surface area contributed by atoms with Gasteiger partial charge in [0.2, 0.25) is 0 Å². The van der Waals surface area contributed by atoms with Crippen LogP contribution in [0.1, 0.15) is 33.6 Å². The molecule has 1 aliphatic rings. The summed E-state index contributed by atoms with van der Waals surface area (Å²) in [5, 5.41) is 8.20. The zero-order valence-electron chi connectivity index (χ0n) is 18.3. The van der Waals surface area contributed by atoms with Crippen molar-refractivity contribution in [2.24, 2.45) is 5.92 Å². The maximum Gasteiger partial charge on any atom is 0.0743 e. The maximum atomic E-state index is 8.20. The molecular formula is C20H43NO6. The van der Waals surface area contributed by atoms with Crippen LogP contribution < -0.4 is 0 Å². The number of rotatable bonds is 14. The first kappa shape index (κ1) is 26.7. The van der Waals surface area contributed by atoms with Crippen molar-refractivity contribution < 1.29 is 28.8 Å². The molecule has 0 aromatic rings. The van der Waals surface area contributed by atoms with Crippen LogP contribution in [-0.2, 0) is 23.7 Å². The Balaban J connectivity index is 0.000000713. The monoisotopic (exact) mass is 393 g/mol. The van der Waals surface area contributed by atoms with E-state index in [1.54, 1.807) is 14.2 Å². The summed E-state index contributed by atoms with van der Waals surface area (Å²) in [7, 11) is 5.52. The Kier molecular flexibility index (Phi) is 17.6. The second-order valence-electron chi connectivity index (χ2n) is 6.94. The van der Waals surface area contributed by atoms with Crippen LogP contribution in [0.25, 0.3) is 0 Å². The van der Waals surface area contributed by atoms with E-state index in [0.717, 1.165) is 12.3 Å². The van der Waals surface area contributed by atoms with Gasteiger partial charge < -0.3 is 28.8 Å². The standard InChI is InChI=1S/C15H31NO3.C5H12O3/c1-6-12(2)14-11-15(13(3)16(14)4)19-10-9-18-8-7-17-5;1-7-4-5-8-3-2-6/h12-15H,6-11H2,1-5H3;6H,2-5H2,1H3/t12-,13?,14?,15+;/m0./s1. The van der Waals surface area contributed by atoms with Gasteiger partial charge in [-0.25, -0.2) is 0 Å². The van der Waals surface area contributed by atoms with Crippen molar-refractivity contribution in [3.8, 4) is 0 Å². The van der Waals surface area contributed by atoms with E-state index in [1.165, 1.54) is 6.42 Å². The molecule has 1 rings (SSSR count). The quantitative estimate of drug-likeness (QED) is 0.451. The van der Waals surface area contributed by atoms with Gasteiger partial charge in [0.15, 0.2) is 0 Å². The van der Waals surface area contributed by atoms with E-state index in [1.807, 2.05) is 0 Å². The molecule has 0 amide bonds. The van der Waals surface area contributed by atoms with E-state index in [9.17, 15) is 0 Å². The zero-order valence-corrected chi connectivity index (χ0v) is 18.3. The van der Waals surface area contributed by atoms with Gasteiger partial charge in [-0.2, -0.15) is 0 Å². The van der Waals surface area contributed by atoms with Crippen LogP contribution in [0.15, 0.2) is 0 Å². The number of hydrogen-bond acceptors (Lipinski definition) is 7. The Hall–Kier alpha value is -0.280. The molecule has 4 atom stereocenters. The average molecular weight is 394 g/mol. The molecular weight excluding hydrogens is 350 g/mol. The molecule has 0 aromatic carbocycles. The Morgan fingerprint density at radius 2 is 1.52 bits per heavy atom. The van der Waals surface area contributed by atoms with Crippen molar-refractivity contribution in [2.45, 2.75) is 51.8 Å². The highest BCUT2D eigenvalue weighted by Gasteiger charge is 2.38. The Bertz CT molecular complexity index is 315. The molecule has 7 heteroatoms. The summed E-state index contributed by atoms with van der Waals surface area (Å²) in [4.78, 5) is 2.48. The van der Waals surface area contributed by atoms with Gasteiger partial charge >= 0.3 is 0 Å². The third-order valence-corrected chi connectivity index (χ3v) is 5.14. The predicted octanol–water partition coefficient (Wildman–Crippen LogP) is 1.82. The van der Waals surface area contributed by atoms with Gasteiger partial charge in [0.05, 0.1) is 59.0 Å². The molecule has 1 N–H and O–H groups in total. The fourth-order valence-electron chi connectivity index (χ4n) is 3.09. The maximum absolute atomic E-state index is 8.20. The van der Waals surface area contributed by atoms with E-state index >= 15 is 0 Å². The predicted molar refractivity (Wildman–Crippen MR) is 107 cm³/mol. The number of methoxy groups -OCH3 is 2. The highest BCUT2D eigenvalue weighted by Crippen LogP contribution is 2.30. The van der Waals surface area contributed by atoms with Crippen molar-refractivity contribution in [3.63, 3.8) is 0 Å².